The lowest BCUT2D eigenvalue weighted by atomic mass is 10.1. The van der Waals surface area contributed by atoms with Crippen molar-refractivity contribution in [2.75, 3.05) is 26.4 Å². The van der Waals surface area contributed by atoms with Gasteiger partial charge in [-0.15, -0.1) is 0 Å². The number of esters is 2. The first-order valence-electron chi connectivity index (χ1n) is 13.9. The van der Waals surface area contributed by atoms with Crippen molar-refractivity contribution in [3.8, 4) is 0 Å². The molecule has 0 radical (unpaired) electrons. The van der Waals surface area contributed by atoms with Crippen LogP contribution in [0.15, 0.2) is 0 Å². The minimum atomic E-state index is -4.42. The summed E-state index contributed by atoms with van der Waals surface area (Å²) in [5, 5.41) is 8.74. The minimum absolute atomic E-state index is 0.215. The summed E-state index contributed by atoms with van der Waals surface area (Å²) in [7, 11) is -4.42. The number of hydrogen-bond donors (Lipinski definition) is 2. The molecule has 2 atom stereocenters. The van der Waals surface area contributed by atoms with Gasteiger partial charge in [0, 0.05) is 12.8 Å². The molecule has 0 aromatic rings. The summed E-state index contributed by atoms with van der Waals surface area (Å²) in [6.07, 6.45) is 15.8. The smallest absolute Gasteiger partial charge is 0.462 e. The molecule has 0 saturated carbocycles. The molecule has 9 nitrogen and oxygen atoms in total. The lowest BCUT2D eigenvalue weighted by molar-refractivity contribution is -0.161. The molecule has 214 valence electrons. The van der Waals surface area contributed by atoms with Crippen LogP contribution in [0.5, 0.6) is 0 Å². The number of carbonyl (C=O) groups is 2. The summed E-state index contributed by atoms with van der Waals surface area (Å²) < 4.78 is 31.9. The van der Waals surface area contributed by atoms with Crippen molar-refractivity contribution in [2.45, 2.75) is 129 Å². The average molecular weight is 539 g/mol. The maximum absolute atomic E-state index is 12.2. The van der Waals surface area contributed by atoms with Crippen LogP contribution in [0.25, 0.3) is 0 Å². The fourth-order valence-corrected chi connectivity index (χ4v) is 4.36. The van der Waals surface area contributed by atoms with Gasteiger partial charge in [-0.1, -0.05) is 97.3 Å². The Bertz CT molecular complexity index is 586. The Morgan fingerprint density at radius 1 is 0.694 bits per heavy atom. The van der Waals surface area contributed by atoms with E-state index in [-0.39, 0.29) is 26.1 Å². The molecule has 0 bridgehead atoms. The molecule has 0 heterocycles. The third-order valence-electron chi connectivity index (χ3n) is 5.72. The maximum atomic E-state index is 12.2. The number of unbranched alkanes of at least 4 members (excludes halogenated alkanes) is 13. The van der Waals surface area contributed by atoms with Gasteiger partial charge >= 0.3 is 19.8 Å². The van der Waals surface area contributed by atoms with Crippen molar-refractivity contribution in [3.05, 3.63) is 0 Å². The van der Waals surface area contributed by atoms with Crippen LogP contribution in [-0.4, -0.2) is 54.5 Å². The van der Waals surface area contributed by atoms with Crippen molar-refractivity contribution in [1.82, 2.24) is 0 Å². The zero-order chi connectivity index (χ0) is 26.9. The molecular weight excluding hydrogens is 487 g/mol. The maximum Gasteiger partial charge on any atom is 0.472 e. The molecule has 0 aromatic carbocycles. The molecule has 10 heteroatoms. The zero-order valence-electron chi connectivity index (χ0n) is 22.6. The van der Waals surface area contributed by atoms with E-state index in [2.05, 4.69) is 18.4 Å². The van der Waals surface area contributed by atoms with E-state index in [0.29, 0.717) is 6.42 Å². The summed E-state index contributed by atoms with van der Waals surface area (Å²) >= 11 is 0. The van der Waals surface area contributed by atoms with Crippen LogP contribution in [0.2, 0.25) is 0 Å². The number of aliphatic hydroxyl groups is 1. The van der Waals surface area contributed by atoms with Crippen molar-refractivity contribution in [3.63, 3.8) is 0 Å². The summed E-state index contributed by atoms with van der Waals surface area (Å²) in [5.74, 6) is -0.878. The summed E-state index contributed by atoms with van der Waals surface area (Å²) in [6.45, 7) is 2.80. The van der Waals surface area contributed by atoms with Crippen LogP contribution in [0.4, 0.5) is 0 Å². The molecule has 0 rings (SSSR count). The van der Waals surface area contributed by atoms with Gasteiger partial charge in [-0.25, -0.2) is 4.57 Å². The Labute approximate surface area is 218 Å². The Morgan fingerprint density at radius 2 is 1.17 bits per heavy atom. The molecule has 0 aliphatic carbocycles. The van der Waals surface area contributed by atoms with Gasteiger partial charge in [-0.3, -0.25) is 18.6 Å². The van der Waals surface area contributed by atoms with Gasteiger partial charge in [-0.2, -0.15) is 0 Å². The highest BCUT2D eigenvalue weighted by Crippen LogP contribution is 2.43. The van der Waals surface area contributed by atoms with Crippen LogP contribution in [-0.2, 0) is 32.7 Å². The molecule has 0 fully saturated rings. The number of carbonyl (C=O) groups excluding carboxylic acids is 2. The van der Waals surface area contributed by atoms with Crippen LogP contribution in [0.1, 0.15) is 123 Å². The van der Waals surface area contributed by atoms with E-state index in [9.17, 15) is 19.0 Å². The van der Waals surface area contributed by atoms with Gasteiger partial charge in [-0.05, 0) is 12.8 Å². The summed E-state index contributed by atoms with van der Waals surface area (Å²) in [6, 6.07) is 0. The summed E-state index contributed by atoms with van der Waals surface area (Å²) in [4.78, 5) is 34.0. The highest BCUT2D eigenvalue weighted by molar-refractivity contribution is 7.47. The van der Waals surface area contributed by atoms with Crippen LogP contribution >= 0.6 is 7.82 Å². The SMILES string of the molecule is CCCCCCCCCCCC(=O)OC[C@H](COP(=O)(O)OCCO)OC(=O)CCCCCCCC. The summed E-state index contributed by atoms with van der Waals surface area (Å²) in [5.41, 5.74) is 0. The Balaban J connectivity index is 4.36. The normalized spacial score (nSPS) is 13.8. The first-order valence-corrected chi connectivity index (χ1v) is 15.4. The lowest BCUT2D eigenvalue weighted by Crippen LogP contribution is -2.29. The fraction of sp³-hybridized carbons (Fsp3) is 0.923. The van der Waals surface area contributed by atoms with Crippen molar-refractivity contribution >= 4 is 19.8 Å². The van der Waals surface area contributed by atoms with E-state index in [0.717, 1.165) is 44.9 Å². The zero-order valence-corrected chi connectivity index (χ0v) is 23.5. The number of phosphoric acid groups is 1. The lowest BCUT2D eigenvalue weighted by Gasteiger charge is -2.19. The molecule has 36 heavy (non-hydrogen) atoms. The van der Waals surface area contributed by atoms with Gasteiger partial charge in [0.1, 0.15) is 6.61 Å². The molecule has 2 N–H and O–H groups in total. The van der Waals surface area contributed by atoms with Gasteiger partial charge in [0.2, 0.25) is 0 Å². The first-order chi connectivity index (χ1) is 17.3. The Kier molecular flexibility index (Phi) is 23.7. The topological polar surface area (TPSA) is 129 Å². The van der Waals surface area contributed by atoms with Gasteiger partial charge in [0.25, 0.3) is 0 Å². The van der Waals surface area contributed by atoms with Crippen molar-refractivity contribution in [1.29, 1.82) is 0 Å². The average Bonchev–Trinajstić information content (AvgIpc) is 2.85. The Hall–Kier alpha value is -0.990. The third-order valence-corrected chi connectivity index (χ3v) is 6.70. The molecule has 0 aromatic heterocycles. The van der Waals surface area contributed by atoms with E-state index in [1.165, 1.54) is 44.9 Å². The third kappa shape index (κ3) is 23.4. The second-order valence-electron chi connectivity index (χ2n) is 9.21. The molecule has 0 saturated heterocycles. The van der Waals surface area contributed by atoms with Crippen LogP contribution < -0.4 is 0 Å². The predicted octanol–water partition coefficient (Wildman–Crippen LogP) is 6.24. The first kappa shape index (κ1) is 35.0. The van der Waals surface area contributed by atoms with Crippen molar-refractivity contribution in [2.24, 2.45) is 0 Å². The number of ether oxygens (including phenoxy) is 2. The standard InChI is InChI=1S/C26H51O9P/c1-3-5-7-9-11-12-13-15-16-18-25(28)32-22-24(23-34-36(30,31)33-21-20-27)35-26(29)19-17-14-10-8-6-4-2/h24,27H,3-23H2,1-2H3,(H,30,31)/t24-/m1/s1. The van der Waals surface area contributed by atoms with Gasteiger partial charge < -0.3 is 19.5 Å². The van der Waals surface area contributed by atoms with E-state index >= 15 is 0 Å². The van der Waals surface area contributed by atoms with Crippen LogP contribution in [0.3, 0.4) is 0 Å². The number of rotatable bonds is 26. The number of aliphatic hydroxyl groups excluding tert-OH is 1. The minimum Gasteiger partial charge on any atom is -0.462 e. The van der Waals surface area contributed by atoms with Gasteiger partial charge in [0.05, 0.1) is 19.8 Å². The second-order valence-corrected chi connectivity index (χ2v) is 10.7. The fourth-order valence-electron chi connectivity index (χ4n) is 3.62. The molecule has 0 spiro atoms. The molecule has 1 unspecified atom stereocenters. The predicted molar refractivity (Wildman–Crippen MR) is 139 cm³/mol. The number of hydrogen-bond acceptors (Lipinski definition) is 8. The van der Waals surface area contributed by atoms with E-state index < -0.39 is 39.1 Å². The van der Waals surface area contributed by atoms with Crippen molar-refractivity contribution < 1.29 is 42.7 Å². The second kappa shape index (κ2) is 24.4. The van der Waals surface area contributed by atoms with E-state index in [1.54, 1.807) is 0 Å². The molecular formula is C26H51O9P. The molecule has 0 aliphatic rings. The van der Waals surface area contributed by atoms with Crippen LogP contribution in [0, 0.1) is 0 Å². The monoisotopic (exact) mass is 538 g/mol. The van der Waals surface area contributed by atoms with Gasteiger partial charge in [0.15, 0.2) is 6.10 Å². The highest BCUT2D eigenvalue weighted by atomic mass is 31.2. The molecule has 0 aliphatic heterocycles. The highest BCUT2D eigenvalue weighted by Gasteiger charge is 2.26. The molecule has 0 amide bonds. The van der Waals surface area contributed by atoms with E-state index in [4.69, 9.17) is 19.1 Å². The number of phosphoric ester groups is 1. The Morgan fingerprint density at radius 3 is 1.67 bits per heavy atom. The quantitative estimate of drug-likeness (QED) is 0.0747. The largest absolute Gasteiger partial charge is 0.472 e. The van der Waals surface area contributed by atoms with E-state index in [1.807, 2.05) is 0 Å².